The van der Waals surface area contributed by atoms with Crippen LogP contribution in [0.2, 0.25) is 0 Å². The van der Waals surface area contributed by atoms with Gasteiger partial charge in [0.2, 0.25) is 0 Å². The van der Waals surface area contributed by atoms with Gasteiger partial charge in [0, 0.05) is 6.04 Å². The lowest BCUT2D eigenvalue weighted by Crippen LogP contribution is -2.50. The van der Waals surface area contributed by atoms with Crippen molar-refractivity contribution in [1.82, 2.24) is 4.90 Å². The van der Waals surface area contributed by atoms with E-state index in [-0.39, 0.29) is 6.04 Å². The van der Waals surface area contributed by atoms with Gasteiger partial charge in [0.1, 0.15) is 6.04 Å². The molecule has 1 heterocycles. The van der Waals surface area contributed by atoms with Crippen LogP contribution in [0.4, 0.5) is 0 Å². The van der Waals surface area contributed by atoms with Crippen LogP contribution < -0.4 is 0 Å². The summed E-state index contributed by atoms with van der Waals surface area (Å²) in [5, 5.41) is 9.20. The van der Waals surface area contributed by atoms with Gasteiger partial charge in [-0.3, -0.25) is 9.69 Å². The minimum atomic E-state index is -0.649. The summed E-state index contributed by atoms with van der Waals surface area (Å²) in [6.07, 6.45) is 4.17. The molecule has 0 spiro atoms. The maximum absolute atomic E-state index is 11.2. The molecule has 88 valence electrons. The van der Waals surface area contributed by atoms with E-state index in [1.807, 2.05) is 0 Å². The number of hydrogen-bond donors (Lipinski definition) is 1. The molecular formula is C12H23NO2. The van der Waals surface area contributed by atoms with Crippen LogP contribution in [0, 0.1) is 5.92 Å². The van der Waals surface area contributed by atoms with Crippen LogP contribution in [-0.4, -0.2) is 34.6 Å². The molecule has 1 aliphatic heterocycles. The van der Waals surface area contributed by atoms with Crippen LogP contribution in [0.3, 0.4) is 0 Å². The first kappa shape index (κ1) is 12.5. The molecule has 0 aromatic heterocycles. The molecule has 3 heteroatoms. The molecule has 0 amide bonds. The molecule has 0 aromatic carbocycles. The third kappa shape index (κ3) is 3.20. The Morgan fingerprint density at radius 3 is 2.80 bits per heavy atom. The van der Waals surface area contributed by atoms with Crippen molar-refractivity contribution < 1.29 is 9.90 Å². The zero-order chi connectivity index (χ0) is 11.4. The summed E-state index contributed by atoms with van der Waals surface area (Å²) >= 11 is 0. The molecular weight excluding hydrogens is 190 g/mol. The van der Waals surface area contributed by atoms with Gasteiger partial charge in [-0.25, -0.2) is 0 Å². The number of aliphatic carboxylic acids is 1. The molecule has 1 N–H and O–H groups in total. The van der Waals surface area contributed by atoms with Crippen molar-refractivity contribution in [3.8, 4) is 0 Å². The molecule has 0 aromatic rings. The SMILES string of the molecule is CCCC(C)N1CCC(C)CC1C(=O)O. The lowest BCUT2D eigenvalue weighted by atomic mass is 9.90. The number of nitrogens with zero attached hydrogens (tertiary/aromatic N) is 1. The highest BCUT2D eigenvalue weighted by atomic mass is 16.4. The number of carbonyl (C=O) groups is 1. The van der Waals surface area contributed by atoms with Crippen molar-refractivity contribution in [2.24, 2.45) is 5.92 Å². The summed E-state index contributed by atoms with van der Waals surface area (Å²) in [7, 11) is 0. The first-order valence-electron chi connectivity index (χ1n) is 6.04. The summed E-state index contributed by atoms with van der Waals surface area (Å²) in [6.45, 7) is 7.39. The fraction of sp³-hybridized carbons (Fsp3) is 0.917. The van der Waals surface area contributed by atoms with E-state index in [0.717, 1.165) is 32.2 Å². The Balaban J connectivity index is 2.63. The van der Waals surface area contributed by atoms with E-state index < -0.39 is 5.97 Å². The molecule has 1 fully saturated rings. The van der Waals surface area contributed by atoms with E-state index in [0.29, 0.717) is 12.0 Å². The fourth-order valence-corrected chi connectivity index (χ4v) is 2.51. The lowest BCUT2D eigenvalue weighted by molar-refractivity contribution is -0.146. The molecule has 3 atom stereocenters. The van der Waals surface area contributed by atoms with Crippen LogP contribution in [-0.2, 0) is 4.79 Å². The highest BCUT2D eigenvalue weighted by molar-refractivity contribution is 5.73. The second-order valence-corrected chi connectivity index (χ2v) is 4.86. The van der Waals surface area contributed by atoms with Crippen molar-refractivity contribution in [3.05, 3.63) is 0 Å². The second kappa shape index (κ2) is 5.50. The van der Waals surface area contributed by atoms with Crippen molar-refractivity contribution >= 4 is 5.97 Å². The second-order valence-electron chi connectivity index (χ2n) is 4.86. The summed E-state index contributed by atoms with van der Waals surface area (Å²) < 4.78 is 0. The minimum absolute atomic E-state index is 0.254. The maximum Gasteiger partial charge on any atom is 0.320 e. The van der Waals surface area contributed by atoms with Crippen molar-refractivity contribution in [2.45, 2.75) is 58.5 Å². The Bertz CT molecular complexity index is 218. The molecule has 15 heavy (non-hydrogen) atoms. The molecule has 0 saturated carbocycles. The van der Waals surface area contributed by atoms with E-state index in [4.69, 9.17) is 0 Å². The Labute approximate surface area is 92.5 Å². The number of hydrogen-bond acceptors (Lipinski definition) is 2. The Kier molecular flexibility index (Phi) is 4.58. The number of piperidine rings is 1. The third-order valence-corrected chi connectivity index (χ3v) is 3.46. The van der Waals surface area contributed by atoms with Gasteiger partial charge in [-0.15, -0.1) is 0 Å². The van der Waals surface area contributed by atoms with E-state index in [1.165, 1.54) is 0 Å². The summed E-state index contributed by atoms with van der Waals surface area (Å²) in [5.41, 5.74) is 0. The number of carboxylic acids is 1. The first-order valence-corrected chi connectivity index (χ1v) is 6.04. The lowest BCUT2D eigenvalue weighted by Gasteiger charge is -2.39. The van der Waals surface area contributed by atoms with Gasteiger partial charge in [0.05, 0.1) is 0 Å². The van der Waals surface area contributed by atoms with E-state index in [1.54, 1.807) is 0 Å². The third-order valence-electron chi connectivity index (χ3n) is 3.46. The number of likely N-dealkylation sites (tertiary alicyclic amines) is 1. The fourth-order valence-electron chi connectivity index (χ4n) is 2.51. The van der Waals surface area contributed by atoms with Gasteiger partial charge < -0.3 is 5.11 Å². The average molecular weight is 213 g/mol. The molecule has 1 rings (SSSR count). The molecule has 3 unspecified atom stereocenters. The first-order chi connectivity index (χ1) is 7.06. The Morgan fingerprint density at radius 2 is 2.27 bits per heavy atom. The van der Waals surface area contributed by atoms with Crippen LogP contribution in [0.5, 0.6) is 0 Å². The Hall–Kier alpha value is -0.570. The number of rotatable bonds is 4. The van der Waals surface area contributed by atoms with Gasteiger partial charge in [0.25, 0.3) is 0 Å². The van der Waals surface area contributed by atoms with Gasteiger partial charge in [-0.2, -0.15) is 0 Å². The maximum atomic E-state index is 11.2. The minimum Gasteiger partial charge on any atom is -0.480 e. The average Bonchev–Trinajstić information content (AvgIpc) is 2.17. The van der Waals surface area contributed by atoms with Crippen molar-refractivity contribution in [2.75, 3.05) is 6.54 Å². The van der Waals surface area contributed by atoms with Crippen LogP contribution in [0.15, 0.2) is 0 Å². The zero-order valence-corrected chi connectivity index (χ0v) is 10.1. The summed E-state index contributed by atoms with van der Waals surface area (Å²) in [4.78, 5) is 13.3. The molecule has 1 aliphatic rings. The van der Waals surface area contributed by atoms with Crippen LogP contribution in [0.25, 0.3) is 0 Å². The van der Waals surface area contributed by atoms with Gasteiger partial charge in [-0.1, -0.05) is 20.3 Å². The monoisotopic (exact) mass is 213 g/mol. The quantitative estimate of drug-likeness (QED) is 0.779. The van der Waals surface area contributed by atoms with Crippen molar-refractivity contribution in [1.29, 1.82) is 0 Å². The van der Waals surface area contributed by atoms with Crippen LogP contribution >= 0.6 is 0 Å². The summed E-state index contributed by atoms with van der Waals surface area (Å²) in [5.74, 6) is -0.0966. The largest absolute Gasteiger partial charge is 0.480 e. The summed E-state index contributed by atoms with van der Waals surface area (Å²) in [6, 6.07) is 0.152. The smallest absolute Gasteiger partial charge is 0.320 e. The zero-order valence-electron chi connectivity index (χ0n) is 10.1. The predicted octanol–water partition coefficient (Wildman–Crippen LogP) is 2.36. The normalized spacial score (nSPS) is 30.1. The van der Waals surface area contributed by atoms with Crippen molar-refractivity contribution in [3.63, 3.8) is 0 Å². The molecule has 0 radical (unpaired) electrons. The highest BCUT2D eigenvalue weighted by Crippen LogP contribution is 2.25. The topological polar surface area (TPSA) is 40.5 Å². The predicted molar refractivity (Wildman–Crippen MR) is 60.9 cm³/mol. The van der Waals surface area contributed by atoms with E-state index in [9.17, 15) is 9.90 Å². The van der Waals surface area contributed by atoms with Gasteiger partial charge in [-0.05, 0) is 38.6 Å². The number of carboxylic acid groups (broad SMARTS) is 1. The molecule has 3 nitrogen and oxygen atoms in total. The van der Waals surface area contributed by atoms with E-state index >= 15 is 0 Å². The van der Waals surface area contributed by atoms with E-state index in [2.05, 4.69) is 25.7 Å². The highest BCUT2D eigenvalue weighted by Gasteiger charge is 2.33. The molecule has 1 saturated heterocycles. The standard InChI is InChI=1S/C12H23NO2/c1-4-5-10(3)13-7-6-9(2)8-11(13)12(14)15/h9-11H,4-8H2,1-3H3,(H,14,15). The Morgan fingerprint density at radius 1 is 1.60 bits per heavy atom. The van der Waals surface area contributed by atoms with Gasteiger partial charge >= 0.3 is 5.97 Å². The molecule has 0 aliphatic carbocycles. The molecule has 0 bridgehead atoms. The van der Waals surface area contributed by atoms with Crippen LogP contribution in [0.1, 0.15) is 46.5 Å². The van der Waals surface area contributed by atoms with Gasteiger partial charge in [0.15, 0.2) is 0 Å².